The number of aromatic nitrogens is 3. The summed E-state index contributed by atoms with van der Waals surface area (Å²) in [5, 5.41) is 13.6. The monoisotopic (exact) mass is 505 g/mol. The molecule has 3 aromatic rings. The number of halogens is 2. The van der Waals surface area contributed by atoms with Crippen LogP contribution in [0, 0.1) is 5.92 Å². The fourth-order valence-electron chi connectivity index (χ4n) is 3.54. The van der Waals surface area contributed by atoms with Crippen molar-refractivity contribution in [1.82, 2.24) is 15.2 Å². The smallest absolute Gasteiger partial charge is 0.320 e. The van der Waals surface area contributed by atoms with Crippen molar-refractivity contribution in [3.8, 4) is 5.88 Å². The Morgan fingerprint density at radius 3 is 2.59 bits per heavy atom. The number of pyridine rings is 1. The number of hydrogen-bond acceptors (Lipinski definition) is 9. The quantitative estimate of drug-likeness (QED) is 0.431. The van der Waals surface area contributed by atoms with Crippen LogP contribution in [0.1, 0.15) is 36.4 Å². The summed E-state index contributed by atoms with van der Waals surface area (Å²) in [5.74, 6) is -0.660. The van der Waals surface area contributed by atoms with Gasteiger partial charge in [0.25, 0.3) is 0 Å². The molecule has 1 saturated carbocycles. The molecule has 10 nitrogen and oxygen atoms in total. The molecule has 0 aliphatic heterocycles. The van der Waals surface area contributed by atoms with Crippen molar-refractivity contribution in [2.24, 2.45) is 5.92 Å². The molecule has 2 aromatic heterocycles. The number of methoxy groups -OCH3 is 1. The van der Waals surface area contributed by atoms with Crippen LogP contribution in [0.2, 0.25) is 10.0 Å². The van der Waals surface area contributed by atoms with Crippen molar-refractivity contribution >= 4 is 52.5 Å². The van der Waals surface area contributed by atoms with E-state index in [0.29, 0.717) is 27.3 Å². The lowest BCUT2D eigenvalue weighted by atomic mass is 9.87. The van der Waals surface area contributed by atoms with Crippen LogP contribution in [0.4, 0.5) is 17.4 Å². The average Bonchev–Trinajstić information content (AvgIpc) is 3.32. The minimum Gasteiger partial charge on any atom is -0.474 e. The SMILES string of the molecule is COC(=O)[C@H]1CC[C@H](Oc2ccc(NC(=O)c3nnc(Nc4cccc(Cl)c4Cl)o3)cn2)CC1. The van der Waals surface area contributed by atoms with Gasteiger partial charge in [-0.2, -0.15) is 0 Å². The van der Waals surface area contributed by atoms with Gasteiger partial charge in [-0.25, -0.2) is 4.98 Å². The maximum atomic E-state index is 12.4. The average molecular weight is 506 g/mol. The van der Waals surface area contributed by atoms with Gasteiger partial charge in [-0.05, 0) is 43.9 Å². The van der Waals surface area contributed by atoms with Crippen molar-refractivity contribution in [2.45, 2.75) is 31.8 Å². The fraction of sp³-hybridized carbons (Fsp3) is 0.318. The summed E-state index contributed by atoms with van der Waals surface area (Å²) in [7, 11) is 1.40. The molecule has 1 aliphatic carbocycles. The van der Waals surface area contributed by atoms with E-state index >= 15 is 0 Å². The highest BCUT2D eigenvalue weighted by Gasteiger charge is 2.28. The minimum atomic E-state index is -0.602. The van der Waals surface area contributed by atoms with E-state index in [4.69, 9.17) is 37.1 Å². The molecule has 2 heterocycles. The molecule has 0 radical (unpaired) electrons. The van der Waals surface area contributed by atoms with Crippen LogP contribution in [0.5, 0.6) is 5.88 Å². The minimum absolute atomic E-state index is 0.0156. The van der Waals surface area contributed by atoms with E-state index in [2.05, 4.69) is 25.8 Å². The Morgan fingerprint density at radius 2 is 1.88 bits per heavy atom. The Balaban J connectivity index is 1.29. The maximum absolute atomic E-state index is 12.4. The predicted octanol–water partition coefficient (Wildman–Crippen LogP) is 4.88. The molecule has 0 bridgehead atoms. The van der Waals surface area contributed by atoms with Crippen molar-refractivity contribution in [3.05, 3.63) is 52.5 Å². The van der Waals surface area contributed by atoms with Crippen LogP contribution >= 0.6 is 23.2 Å². The van der Waals surface area contributed by atoms with Crippen molar-refractivity contribution in [2.75, 3.05) is 17.7 Å². The second-order valence-corrected chi connectivity index (χ2v) is 8.38. The van der Waals surface area contributed by atoms with E-state index in [0.717, 1.165) is 25.7 Å². The van der Waals surface area contributed by atoms with E-state index in [9.17, 15) is 9.59 Å². The van der Waals surface area contributed by atoms with Gasteiger partial charge in [-0.3, -0.25) is 9.59 Å². The normalized spacial score (nSPS) is 17.6. The van der Waals surface area contributed by atoms with Crippen LogP contribution in [0.25, 0.3) is 0 Å². The number of amides is 1. The number of rotatable bonds is 7. The molecule has 1 fully saturated rings. The van der Waals surface area contributed by atoms with Gasteiger partial charge in [0.2, 0.25) is 5.88 Å². The first kappa shape index (κ1) is 23.8. The Hall–Kier alpha value is -3.37. The highest BCUT2D eigenvalue weighted by atomic mass is 35.5. The molecule has 0 unspecified atom stereocenters. The Labute approximate surface area is 205 Å². The van der Waals surface area contributed by atoms with Gasteiger partial charge < -0.3 is 24.5 Å². The summed E-state index contributed by atoms with van der Waals surface area (Å²) in [4.78, 5) is 28.3. The highest BCUT2D eigenvalue weighted by molar-refractivity contribution is 6.43. The third-order valence-electron chi connectivity index (χ3n) is 5.30. The van der Waals surface area contributed by atoms with Gasteiger partial charge in [0.1, 0.15) is 6.10 Å². The molecule has 178 valence electrons. The maximum Gasteiger partial charge on any atom is 0.320 e. The molecular weight excluding hydrogens is 485 g/mol. The molecular formula is C22H21Cl2N5O5. The van der Waals surface area contributed by atoms with Crippen molar-refractivity contribution in [1.29, 1.82) is 0 Å². The summed E-state index contributed by atoms with van der Waals surface area (Å²) in [6.07, 6.45) is 4.37. The second kappa shape index (κ2) is 10.7. The molecule has 12 heteroatoms. The third kappa shape index (κ3) is 5.75. The number of esters is 1. The van der Waals surface area contributed by atoms with Gasteiger partial charge in [-0.1, -0.05) is 34.4 Å². The number of hydrogen-bond donors (Lipinski definition) is 2. The Kier molecular flexibility index (Phi) is 7.49. The number of carbonyl (C=O) groups excluding carboxylic acids is 2. The first-order valence-corrected chi connectivity index (χ1v) is 11.2. The zero-order chi connectivity index (χ0) is 24.1. The molecule has 4 rings (SSSR count). The lowest BCUT2D eigenvalue weighted by Gasteiger charge is -2.27. The number of benzene rings is 1. The lowest BCUT2D eigenvalue weighted by Crippen LogP contribution is -2.28. The predicted molar refractivity (Wildman–Crippen MR) is 125 cm³/mol. The van der Waals surface area contributed by atoms with Crippen LogP contribution < -0.4 is 15.4 Å². The van der Waals surface area contributed by atoms with Gasteiger partial charge in [0.15, 0.2) is 0 Å². The zero-order valence-corrected chi connectivity index (χ0v) is 19.6. The standard InChI is InChI=1S/C22H21Cl2N5O5/c1-32-21(31)12-5-8-14(9-6-12)33-17-10-7-13(11-25-17)26-19(30)20-28-29-22(34-20)27-16-4-2-3-15(23)18(16)24/h2-4,7,10-12,14H,5-6,8-9H2,1H3,(H,26,30)(H,27,29)/t12-,14-. The largest absolute Gasteiger partial charge is 0.474 e. The van der Waals surface area contributed by atoms with E-state index in [1.165, 1.54) is 13.3 Å². The molecule has 2 N–H and O–H groups in total. The molecule has 1 aliphatic rings. The highest BCUT2D eigenvalue weighted by Crippen LogP contribution is 2.31. The van der Waals surface area contributed by atoms with Gasteiger partial charge in [-0.15, -0.1) is 5.10 Å². The molecule has 0 saturated heterocycles. The van der Waals surface area contributed by atoms with Crippen LogP contribution in [0.3, 0.4) is 0 Å². The topological polar surface area (TPSA) is 128 Å². The first-order valence-electron chi connectivity index (χ1n) is 10.5. The van der Waals surface area contributed by atoms with Crippen LogP contribution in [-0.2, 0) is 9.53 Å². The van der Waals surface area contributed by atoms with Crippen molar-refractivity contribution < 1.29 is 23.5 Å². The van der Waals surface area contributed by atoms with Gasteiger partial charge in [0, 0.05) is 6.07 Å². The summed E-state index contributed by atoms with van der Waals surface area (Å²) in [6.45, 7) is 0. The fourth-order valence-corrected chi connectivity index (χ4v) is 3.89. The lowest BCUT2D eigenvalue weighted by molar-refractivity contribution is -0.147. The Morgan fingerprint density at radius 1 is 1.09 bits per heavy atom. The zero-order valence-electron chi connectivity index (χ0n) is 18.1. The van der Waals surface area contributed by atoms with Gasteiger partial charge >= 0.3 is 23.8 Å². The van der Waals surface area contributed by atoms with Crippen LogP contribution in [0.15, 0.2) is 40.9 Å². The Bertz CT molecular complexity index is 1160. The molecule has 34 heavy (non-hydrogen) atoms. The van der Waals surface area contributed by atoms with Crippen molar-refractivity contribution in [3.63, 3.8) is 0 Å². The summed E-state index contributed by atoms with van der Waals surface area (Å²) in [5.41, 5.74) is 0.890. The number of carbonyl (C=O) groups is 2. The van der Waals surface area contributed by atoms with E-state index < -0.39 is 5.91 Å². The van der Waals surface area contributed by atoms with Crippen LogP contribution in [-0.4, -0.2) is 40.3 Å². The number of nitrogens with zero attached hydrogens (tertiary/aromatic N) is 3. The number of ether oxygens (including phenoxy) is 2. The molecule has 1 amide bonds. The van der Waals surface area contributed by atoms with Gasteiger partial charge in [0.05, 0.1) is 40.6 Å². The summed E-state index contributed by atoms with van der Waals surface area (Å²) >= 11 is 12.1. The number of anilines is 3. The third-order valence-corrected chi connectivity index (χ3v) is 6.12. The summed E-state index contributed by atoms with van der Waals surface area (Å²) in [6, 6.07) is 8.32. The van der Waals surface area contributed by atoms with E-state index in [1.807, 2.05) is 0 Å². The number of nitrogens with one attached hydrogen (secondary N) is 2. The second-order valence-electron chi connectivity index (χ2n) is 7.59. The van der Waals surface area contributed by atoms with E-state index in [-0.39, 0.29) is 29.9 Å². The summed E-state index contributed by atoms with van der Waals surface area (Å²) < 4.78 is 16.0. The molecule has 1 aromatic carbocycles. The molecule has 0 atom stereocenters. The molecule has 0 spiro atoms. The van der Waals surface area contributed by atoms with E-state index in [1.54, 1.807) is 30.3 Å². The first-order chi connectivity index (χ1) is 16.4.